The molecule has 0 amide bonds. The molecule has 8 atom stereocenters. The maximum Gasteiger partial charge on any atom is -0.0287 e. The molecule has 8 unspecified atom stereocenters. The number of hydrogen-bond donors (Lipinski definition) is 0. The van der Waals surface area contributed by atoms with Crippen LogP contribution in [-0.2, 0) is 0 Å². The Labute approximate surface area is 210 Å². The predicted octanol–water partition coefficient (Wildman–Crippen LogP) is 10.8. The molecule has 0 heteroatoms. The summed E-state index contributed by atoms with van der Waals surface area (Å²) < 4.78 is 0. The van der Waals surface area contributed by atoms with Gasteiger partial charge in [-0.15, -0.1) is 0 Å². The highest BCUT2D eigenvalue weighted by atomic mass is 14.7. The van der Waals surface area contributed by atoms with Crippen LogP contribution in [0.25, 0.3) is 0 Å². The van der Waals surface area contributed by atoms with Crippen molar-refractivity contribution in [2.24, 2.45) is 76.4 Å². The molecule has 5 aliphatic rings. The van der Waals surface area contributed by atoms with Gasteiger partial charge in [0.25, 0.3) is 0 Å². The van der Waals surface area contributed by atoms with Crippen LogP contribution in [-0.4, -0.2) is 0 Å². The molecule has 0 N–H and O–H groups in total. The van der Waals surface area contributed by atoms with E-state index in [4.69, 9.17) is 0 Å². The Morgan fingerprint density at radius 2 is 1.12 bits per heavy atom. The van der Waals surface area contributed by atoms with E-state index in [1.165, 1.54) is 12.8 Å². The minimum absolute atomic E-state index is 0.833. The standard InChI is InChI=1S/C25H42.C4H10.2C2H6/c1-6-18-15(5)8-21-23(18)22-9-20(19(7-2)24(21)22)17-12-25(13-17)10-16(11-25)14(3)4;1-4(2)3;2*1-2/h14-24H,6-13H2,1-5H3;4H,1-3H3;2*1-2H3. The van der Waals surface area contributed by atoms with E-state index < -0.39 is 0 Å². The lowest BCUT2D eigenvalue weighted by Crippen LogP contribution is -2.51. The Kier molecular flexibility index (Phi) is 10.9. The molecular weight excluding hydrogens is 396 g/mol. The van der Waals surface area contributed by atoms with Crippen LogP contribution < -0.4 is 0 Å². The first-order valence-electron chi connectivity index (χ1n) is 15.7. The van der Waals surface area contributed by atoms with Crippen molar-refractivity contribution < 1.29 is 0 Å². The summed E-state index contributed by atoms with van der Waals surface area (Å²) in [5.74, 6) is 12.9. The van der Waals surface area contributed by atoms with Crippen LogP contribution in [0.15, 0.2) is 0 Å². The lowest BCUT2D eigenvalue weighted by atomic mass is 9.44. The van der Waals surface area contributed by atoms with Crippen LogP contribution >= 0.6 is 0 Å². The minimum atomic E-state index is 0.833. The Morgan fingerprint density at radius 3 is 1.58 bits per heavy atom. The van der Waals surface area contributed by atoms with Gasteiger partial charge in [0.15, 0.2) is 0 Å². The zero-order valence-corrected chi connectivity index (χ0v) is 25.1. The first-order valence-corrected chi connectivity index (χ1v) is 15.7. The molecule has 0 aromatic heterocycles. The second kappa shape index (κ2) is 12.3. The topological polar surface area (TPSA) is 0 Å². The third-order valence-corrected chi connectivity index (χ3v) is 10.7. The average molecular weight is 461 g/mol. The summed E-state index contributed by atoms with van der Waals surface area (Å²) in [5.41, 5.74) is 0.843. The van der Waals surface area contributed by atoms with Crippen molar-refractivity contribution in [3.8, 4) is 0 Å². The van der Waals surface area contributed by atoms with Crippen molar-refractivity contribution >= 4 is 0 Å². The molecule has 5 saturated carbocycles. The van der Waals surface area contributed by atoms with E-state index in [0.29, 0.717) is 0 Å². The van der Waals surface area contributed by atoms with Crippen molar-refractivity contribution in [3.05, 3.63) is 0 Å². The van der Waals surface area contributed by atoms with Gasteiger partial charge in [-0.3, -0.25) is 0 Å². The van der Waals surface area contributed by atoms with Gasteiger partial charge >= 0.3 is 0 Å². The van der Waals surface area contributed by atoms with E-state index >= 15 is 0 Å². The molecule has 0 aromatic carbocycles. The van der Waals surface area contributed by atoms with Gasteiger partial charge in [0, 0.05) is 0 Å². The monoisotopic (exact) mass is 461 g/mol. The summed E-state index contributed by atoms with van der Waals surface area (Å²) in [6.07, 6.45) is 12.6. The molecule has 5 aliphatic carbocycles. The van der Waals surface area contributed by atoms with Crippen LogP contribution in [0.3, 0.4) is 0 Å². The lowest BCUT2D eigenvalue weighted by Gasteiger charge is -2.61. The van der Waals surface area contributed by atoms with Crippen molar-refractivity contribution in [2.45, 2.75) is 134 Å². The van der Waals surface area contributed by atoms with Gasteiger partial charge in [0.1, 0.15) is 0 Å². The Morgan fingerprint density at radius 1 is 0.667 bits per heavy atom. The third-order valence-electron chi connectivity index (χ3n) is 10.7. The third kappa shape index (κ3) is 5.56. The molecule has 0 nitrogen and oxygen atoms in total. The highest BCUT2D eigenvalue weighted by Crippen LogP contribution is 2.73. The van der Waals surface area contributed by atoms with Gasteiger partial charge < -0.3 is 0 Å². The molecule has 196 valence electrons. The van der Waals surface area contributed by atoms with E-state index in [9.17, 15) is 0 Å². The number of rotatable bonds is 4. The zero-order chi connectivity index (χ0) is 25.1. The summed E-state index contributed by atoms with van der Waals surface area (Å²) in [6.45, 7) is 26.9. The fourth-order valence-corrected chi connectivity index (χ4v) is 9.66. The van der Waals surface area contributed by atoms with Crippen LogP contribution in [0.2, 0.25) is 0 Å². The van der Waals surface area contributed by atoms with Crippen molar-refractivity contribution in [1.82, 2.24) is 0 Å². The molecule has 0 heterocycles. The molecule has 5 fully saturated rings. The lowest BCUT2D eigenvalue weighted by molar-refractivity contribution is -0.106. The molecule has 5 rings (SSSR count). The maximum absolute atomic E-state index is 2.57. The van der Waals surface area contributed by atoms with Gasteiger partial charge in [-0.2, -0.15) is 0 Å². The van der Waals surface area contributed by atoms with E-state index in [2.05, 4.69) is 55.4 Å². The molecule has 0 aliphatic heterocycles. The molecule has 0 saturated heterocycles. The molecule has 0 radical (unpaired) electrons. The largest absolute Gasteiger partial charge is 0.0683 e. The van der Waals surface area contributed by atoms with Crippen LogP contribution in [0.4, 0.5) is 0 Å². The van der Waals surface area contributed by atoms with Crippen molar-refractivity contribution in [1.29, 1.82) is 0 Å². The SMILES string of the molecule is CC.CC.CC(C)C.CCC1C(C)CC2C1C1CC(C3CC4(CC(C(C)C)C4)C3)C(CC)C21. The zero-order valence-electron chi connectivity index (χ0n) is 25.1. The summed E-state index contributed by atoms with van der Waals surface area (Å²) in [6, 6.07) is 0. The number of hydrogen-bond acceptors (Lipinski definition) is 0. The fraction of sp³-hybridized carbons (Fsp3) is 1.00. The molecule has 1 spiro atoms. The first-order chi connectivity index (χ1) is 15.7. The van der Waals surface area contributed by atoms with Crippen LogP contribution in [0.5, 0.6) is 0 Å². The highest BCUT2D eigenvalue weighted by Gasteiger charge is 2.66. The quantitative estimate of drug-likeness (QED) is 0.391. The van der Waals surface area contributed by atoms with E-state index in [1.54, 1.807) is 38.5 Å². The van der Waals surface area contributed by atoms with E-state index in [-0.39, 0.29) is 0 Å². The summed E-state index contributed by atoms with van der Waals surface area (Å²) in [5, 5.41) is 0. The smallest absolute Gasteiger partial charge is 0.0287 e. The van der Waals surface area contributed by atoms with Crippen molar-refractivity contribution in [2.75, 3.05) is 0 Å². The van der Waals surface area contributed by atoms with Gasteiger partial charge in [-0.05, 0) is 115 Å². The number of fused-ring (bicyclic) bond motifs is 4. The van der Waals surface area contributed by atoms with Gasteiger partial charge in [0.05, 0.1) is 0 Å². The fourth-order valence-electron chi connectivity index (χ4n) is 9.66. The molecule has 0 aromatic rings. The van der Waals surface area contributed by atoms with Crippen LogP contribution in [0.1, 0.15) is 134 Å². The molecule has 0 bridgehead atoms. The Bertz CT molecular complexity index is 542. The Balaban J connectivity index is 0.000000430. The summed E-state index contributed by atoms with van der Waals surface area (Å²) in [7, 11) is 0. The van der Waals surface area contributed by atoms with E-state index in [1.807, 2.05) is 27.7 Å². The first kappa shape index (κ1) is 29.2. The highest BCUT2D eigenvalue weighted by molar-refractivity contribution is 5.14. The molecule has 33 heavy (non-hydrogen) atoms. The second-order valence-corrected chi connectivity index (χ2v) is 13.6. The summed E-state index contributed by atoms with van der Waals surface area (Å²) in [4.78, 5) is 0. The van der Waals surface area contributed by atoms with E-state index in [0.717, 1.165) is 76.4 Å². The minimum Gasteiger partial charge on any atom is -0.0683 e. The maximum atomic E-state index is 2.57. The predicted molar refractivity (Wildman–Crippen MR) is 149 cm³/mol. The Hall–Kier alpha value is 0. The average Bonchev–Trinajstić information content (AvgIpc) is 3.19. The second-order valence-electron chi connectivity index (χ2n) is 13.6. The molecular formula is C33H64. The summed E-state index contributed by atoms with van der Waals surface area (Å²) >= 11 is 0. The van der Waals surface area contributed by atoms with Gasteiger partial charge in [-0.25, -0.2) is 0 Å². The van der Waals surface area contributed by atoms with Crippen LogP contribution in [0, 0.1) is 76.4 Å². The normalized spacial score (nSPS) is 46.4. The van der Waals surface area contributed by atoms with Gasteiger partial charge in [-0.1, -0.05) is 95.9 Å². The van der Waals surface area contributed by atoms with Gasteiger partial charge in [0.2, 0.25) is 0 Å². The van der Waals surface area contributed by atoms with Crippen molar-refractivity contribution in [3.63, 3.8) is 0 Å².